The first kappa shape index (κ1) is 32.2. The van der Waals surface area contributed by atoms with Gasteiger partial charge >= 0.3 is 11.9 Å². The third-order valence-electron chi connectivity index (χ3n) is 6.34. The minimum absolute atomic E-state index is 0.190. The lowest BCUT2D eigenvalue weighted by Crippen LogP contribution is -2.06. The second-order valence-corrected chi connectivity index (χ2v) is 9.52. The Balaban J connectivity index is 0.000000757. The van der Waals surface area contributed by atoms with Crippen LogP contribution in [0.4, 0.5) is 0 Å². The van der Waals surface area contributed by atoms with Gasteiger partial charge in [-0.1, -0.05) is 154 Å². The Morgan fingerprint density at radius 2 is 0.676 bits per heavy atom. The summed E-state index contributed by atoms with van der Waals surface area (Å²) >= 11 is 0. The van der Waals surface area contributed by atoms with Crippen LogP contribution >= 0.6 is 0 Å². The SMILES string of the molecule is CCCCCCCCCCCCCCCCCCCCCC.O=C(O)c1ccccc1C(=O)O. The number of unbranched alkanes of at least 4 members (excludes halogenated alkanes) is 19. The quantitative estimate of drug-likeness (QED) is 0.173. The average molecular weight is 477 g/mol. The Morgan fingerprint density at radius 1 is 0.471 bits per heavy atom. The maximum absolute atomic E-state index is 10.5. The predicted octanol–water partition coefficient (Wildman–Crippen LogP) is 9.91. The van der Waals surface area contributed by atoms with Crippen LogP contribution in [0.1, 0.15) is 163 Å². The van der Waals surface area contributed by atoms with Gasteiger partial charge in [0.15, 0.2) is 0 Å². The molecule has 0 fully saturated rings. The highest BCUT2D eigenvalue weighted by molar-refractivity contribution is 6.01. The van der Waals surface area contributed by atoms with Crippen molar-refractivity contribution < 1.29 is 19.8 Å². The van der Waals surface area contributed by atoms with E-state index in [4.69, 9.17) is 10.2 Å². The van der Waals surface area contributed by atoms with E-state index in [1.807, 2.05) is 0 Å². The standard InChI is InChI=1S/C22H46.C8H6O4/c1-3-5-7-9-11-13-15-17-19-21-22-20-18-16-14-12-10-8-6-4-2;9-7(10)5-3-1-2-4-6(5)8(11)12/h3-22H2,1-2H3;1-4H,(H,9,10)(H,11,12). The molecule has 0 amide bonds. The van der Waals surface area contributed by atoms with Crippen LogP contribution in [-0.4, -0.2) is 22.2 Å². The van der Waals surface area contributed by atoms with Gasteiger partial charge in [-0.3, -0.25) is 0 Å². The molecule has 0 spiro atoms. The zero-order valence-corrected chi connectivity index (χ0v) is 22.2. The van der Waals surface area contributed by atoms with Crippen molar-refractivity contribution in [1.29, 1.82) is 0 Å². The van der Waals surface area contributed by atoms with E-state index in [-0.39, 0.29) is 11.1 Å². The Bertz CT molecular complexity index is 559. The van der Waals surface area contributed by atoms with Gasteiger partial charge in [-0.05, 0) is 12.1 Å². The molecule has 0 aliphatic heterocycles. The zero-order valence-electron chi connectivity index (χ0n) is 22.2. The van der Waals surface area contributed by atoms with E-state index in [9.17, 15) is 9.59 Å². The van der Waals surface area contributed by atoms with E-state index in [1.165, 1.54) is 153 Å². The summed E-state index contributed by atoms with van der Waals surface area (Å²) < 4.78 is 0. The highest BCUT2D eigenvalue weighted by Gasteiger charge is 2.13. The number of carbonyl (C=O) groups is 2. The lowest BCUT2D eigenvalue weighted by molar-refractivity contribution is 0.0651. The summed E-state index contributed by atoms with van der Waals surface area (Å²) in [4.78, 5) is 20.9. The van der Waals surface area contributed by atoms with E-state index < -0.39 is 11.9 Å². The minimum atomic E-state index is -1.23. The molecule has 0 aliphatic carbocycles. The molecule has 0 heterocycles. The second-order valence-electron chi connectivity index (χ2n) is 9.52. The fraction of sp³-hybridized carbons (Fsp3) is 0.733. The van der Waals surface area contributed by atoms with E-state index in [0.717, 1.165) is 0 Å². The molecule has 0 saturated heterocycles. The Labute approximate surface area is 209 Å². The smallest absolute Gasteiger partial charge is 0.336 e. The third kappa shape index (κ3) is 19.6. The lowest BCUT2D eigenvalue weighted by atomic mass is 10.0. The van der Waals surface area contributed by atoms with Crippen molar-refractivity contribution in [2.45, 2.75) is 142 Å². The summed E-state index contributed by atoms with van der Waals surface area (Å²) in [5.74, 6) is -2.46. The molecule has 0 unspecified atom stereocenters. The molecule has 0 radical (unpaired) electrons. The Morgan fingerprint density at radius 3 is 0.853 bits per heavy atom. The predicted molar refractivity (Wildman–Crippen MR) is 144 cm³/mol. The number of carboxylic acids is 2. The van der Waals surface area contributed by atoms with Gasteiger partial charge in [0, 0.05) is 0 Å². The van der Waals surface area contributed by atoms with Crippen molar-refractivity contribution in [3.05, 3.63) is 35.4 Å². The van der Waals surface area contributed by atoms with Gasteiger partial charge in [0.25, 0.3) is 0 Å². The number of hydrogen-bond donors (Lipinski definition) is 2. The molecular formula is C30H52O4. The first-order chi connectivity index (χ1) is 16.5. The molecule has 2 N–H and O–H groups in total. The van der Waals surface area contributed by atoms with Crippen LogP contribution in [0.25, 0.3) is 0 Å². The van der Waals surface area contributed by atoms with Gasteiger partial charge < -0.3 is 10.2 Å². The average Bonchev–Trinajstić information content (AvgIpc) is 2.83. The summed E-state index contributed by atoms with van der Waals surface area (Å²) in [5.41, 5.74) is -0.380. The van der Waals surface area contributed by atoms with Crippen LogP contribution in [0.2, 0.25) is 0 Å². The van der Waals surface area contributed by atoms with Crippen molar-refractivity contribution in [3.63, 3.8) is 0 Å². The Kier molecular flexibility index (Phi) is 23.0. The van der Waals surface area contributed by atoms with Crippen LogP contribution in [-0.2, 0) is 0 Å². The molecule has 1 rings (SSSR count). The molecule has 4 heteroatoms. The van der Waals surface area contributed by atoms with Crippen LogP contribution < -0.4 is 0 Å². The minimum Gasteiger partial charge on any atom is -0.478 e. The van der Waals surface area contributed by atoms with Crippen molar-refractivity contribution >= 4 is 11.9 Å². The zero-order chi connectivity index (χ0) is 25.3. The van der Waals surface area contributed by atoms with Crippen LogP contribution in [0.15, 0.2) is 24.3 Å². The first-order valence-electron chi connectivity index (χ1n) is 14.1. The first-order valence-corrected chi connectivity index (χ1v) is 14.1. The topological polar surface area (TPSA) is 74.6 Å². The lowest BCUT2D eigenvalue weighted by Gasteiger charge is -2.03. The van der Waals surface area contributed by atoms with Gasteiger partial charge in [-0.25, -0.2) is 9.59 Å². The molecule has 0 aliphatic rings. The molecule has 0 bridgehead atoms. The van der Waals surface area contributed by atoms with Gasteiger partial charge in [-0.15, -0.1) is 0 Å². The van der Waals surface area contributed by atoms with E-state index in [2.05, 4.69) is 13.8 Å². The summed E-state index contributed by atoms with van der Waals surface area (Å²) in [6.45, 7) is 4.60. The largest absolute Gasteiger partial charge is 0.478 e. The van der Waals surface area contributed by atoms with Crippen LogP contribution in [0.5, 0.6) is 0 Å². The van der Waals surface area contributed by atoms with Gasteiger partial charge in [-0.2, -0.15) is 0 Å². The van der Waals surface area contributed by atoms with Crippen molar-refractivity contribution in [1.82, 2.24) is 0 Å². The number of benzene rings is 1. The van der Waals surface area contributed by atoms with E-state index in [0.29, 0.717) is 0 Å². The molecule has 0 saturated carbocycles. The summed E-state index contributed by atoms with van der Waals surface area (Å²) in [5, 5.41) is 17.1. The monoisotopic (exact) mass is 476 g/mol. The Hall–Kier alpha value is -1.84. The maximum atomic E-state index is 10.5. The van der Waals surface area contributed by atoms with E-state index in [1.54, 1.807) is 0 Å². The fourth-order valence-electron chi connectivity index (χ4n) is 4.18. The van der Waals surface area contributed by atoms with E-state index >= 15 is 0 Å². The number of carboxylic acid groups (broad SMARTS) is 2. The number of aromatic carboxylic acids is 2. The van der Waals surface area contributed by atoms with Crippen molar-refractivity contribution in [2.75, 3.05) is 0 Å². The summed E-state index contributed by atoms with van der Waals surface area (Å²) in [7, 11) is 0. The molecule has 196 valence electrons. The van der Waals surface area contributed by atoms with Gasteiger partial charge in [0.1, 0.15) is 0 Å². The number of rotatable bonds is 21. The summed E-state index contributed by atoms with van der Waals surface area (Å²) in [6.07, 6.45) is 29.4. The molecule has 4 nitrogen and oxygen atoms in total. The van der Waals surface area contributed by atoms with Gasteiger partial charge in [0.05, 0.1) is 11.1 Å². The highest BCUT2D eigenvalue weighted by atomic mass is 16.4. The van der Waals surface area contributed by atoms with Crippen LogP contribution in [0.3, 0.4) is 0 Å². The molecule has 1 aromatic carbocycles. The second kappa shape index (κ2) is 24.3. The highest BCUT2D eigenvalue weighted by Crippen LogP contribution is 2.14. The maximum Gasteiger partial charge on any atom is 0.336 e. The fourth-order valence-corrected chi connectivity index (χ4v) is 4.18. The van der Waals surface area contributed by atoms with Crippen LogP contribution in [0, 0.1) is 0 Å². The van der Waals surface area contributed by atoms with Crippen molar-refractivity contribution in [2.24, 2.45) is 0 Å². The molecular weight excluding hydrogens is 424 g/mol. The molecule has 34 heavy (non-hydrogen) atoms. The normalized spacial score (nSPS) is 10.5. The summed E-state index contributed by atoms with van der Waals surface area (Å²) in [6, 6.07) is 5.48. The molecule has 0 atom stereocenters. The molecule has 0 aromatic heterocycles. The van der Waals surface area contributed by atoms with Crippen molar-refractivity contribution in [3.8, 4) is 0 Å². The molecule has 1 aromatic rings. The number of hydrogen-bond acceptors (Lipinski definition) is 2. The van der Waals surface area contributed by atoms with Gasteiger partial charge in [0.2, 0.25) is 0 Å². The third-order valence-corrected chi connectivity index (χ3v) is 6.34.